The van der Waals surface area contributed by atoms with E-state index in [2.05, 4.69) is 24.1 Å². The Kier molecular flexibility index (Phi) is 4.21. The van der Waals surface area contributed by atoms with Gasteiger partial charge in [0.15, 0.2) is 11.5 Å². The zero-order valence-corrected chi connectivity index (χ0v) is 18.0. The smallest absolute Gasteiger partial charge is 0.165 e. The van der Waals surface area contributed by atoms with E-state index < -0.39 is 0 Å². The van der Waals surface area contributed by atoms with E-state index in [4.69, 9.17) is 0 Å². The summed E-state index contributed by atoms with van der Waals surface area (Å²) in [7, 11) is 2.17. The van der Waals surface area contributed by atoms with Crippen LogP contribution in [0.25, 0.3) is 21.9 Å². The molecule has 0 saturated carbocycles. The zero-order valence-electron chi connectivity index (χ0n) is 18.0. The van der Waals surface area contributed by atoms with E-state index in [0.717, 1.165) is 58.0 Å². The van der Waals surface area contributed by atoms with Gasteiger partial charge in [0.1, 0.15) is 5.75 Å². The molecule has 6 rings (SSSR count). The summed E-state index contributed by atoms with van der Waals surface area (Å²) in [4.78, 5) is 2.40. The summed E-state index contributed by atoms with van der Waals surface area (Å²) in [6.07, 6.45) is 2.48. The van der Waals surface area contributed by atoms with Crippen molar-refractivity contribution in [3.8, 4) is 28.4 Å². The predicted molar refractivity (Wildman–Crippen MR) is 126 cm³/mol. The average molecular weight is 424 g/mol. The van der Waals surface area contributed by atoms with Gasteiger partial charge in [0.25, 0.3) is 0 Å². The number of rotatable bonds is 2. The summed E-state index contributed by atoms with van der Waals surface area (Å²) >= 11 is 0. The summed E-state index contributed by atoms with van der Waals surface area (Å²) in [5.74, 6) is 0.176. The molecule has 160 valence electrons. The number of phenols is 3. The van der Waals surface area contributed by atoms with Crippen molar-refractivity contribution >= 4 is 10.8 Å². The summed E-state index contributed by atoms with van der Waals surface area (Å²) in [5, 5.41) is 33.4. The molecule has 0 unspecified atom stereocenters. The first-order valence-corrected chi connectivity index (χ1v) is 11.1. The van der Waals surface area contributed by atoms with Crippen LogP contribution >= 0.6 is 0 Å². The van der Waals surface area contributed by atoms with Crippen molar-refractivity contribution in [2.75, 3.05) is 13.6 Å². The molecule has 1 atom stereocenters. The van der Waals surface area contributed by atoms with Gasteiger partial charge in [-0.05, 0) is 77.2 Å². The molecule has 0 bridgehead atoms. The Labute approximate surface area is 187 Å². The molecule has 32 heavy (non-hydrogen) atoms. The summed E-state index contributed by atoms with van der Waals surface area (Å²) in [6.45, 7) is 1.01. The standard InChI is InChI=1S/C28H25NO3/c1-29-13-12-16-6-7-18(14-17-8-10-23(30)21-5-3-2-4-20(17)21)26-25(16)22(29)15-19-9-11-24(31)28(32)27(19)26/h2-11,22,30-32H,12-15H2,1H3/t22-/m1/s1. The maximum Gasteiger partial charge on any atom is 0.165 e. The quantitative estimate of drug-likeness (QED) is 0.383. The maximum absolute atomic E-state index is 10.9. The molecule has 4 heteroatoms. The van der Waals surface area contributed by atoms with E-state index in [9.17, 15) is 15.3 Å². The highest BCUT2D eigenvalue weighted by molar-refractivity contribution is 5.92. The van der Waals surface area contributed by atoms with Crippen LogP contribution in [0.15, 0.2) is 60.7 Å². The van der Waals surface area contributed by atoms with Gasteiger partial charge in [0, 0.05) is 23.5 Å². The molecule has 0 aromatic heterocycles. The Balaban J connectivity index is 1.61. The number of nitrogens with zero attached hydrogens (tertiary/aromatic N) is 1. The molecule has 0 radical (unpaired) electrons. The van der Waals surface area contributed by atoms with Gasteiger partial charge in [-0.1, -0.05) is 48.5 Å². The van der Waals surface area contributed by atoms with Gasteiger partial charge in [0.2, 0.25) is 0 Å². The third-order valence-corrected chi connectivity index (χ3v) is 7.30. The van der Waals surface area contributed by atoms with Crippen molar-refractivity contribution in [3.05, 3.63) is 88.5 Å². The second kappa shape index (κ2) is 7.01. The van der Waals surface area contributed by atoms with Crippen LogP contribution in [0.4, 0.5) is 0 Å². The van der Waals surface area contributed by atoms with Gasteiger partial charge in [-0.25, -0.2) is 0 Å². The van der Waals surface area contributed by atoms with Gasteiger partial charge < -0.3 is 15.3 Å². The lowest BCUT2D eigenvalue weighted by Crippen LogP contribution is -2.35. The second-order valence-electron chi connectivity index (χ2n) is 9.06. The Bertz CT molecular complexity index is 1390. The van der Waals surface area contributed by atoms with Crippen molar-refractivity contribution in [2.24, 2.45) is 0 Å². The van der Waals surface area contributed by atoms with Crippen molar-refractivity contribution in [2.45, 2.75) is 25.3 Å². The Morgan fingerprint density at radius 3 is 2.34 bits per heavy atom. The molecule has 4 nitrogen and oxygen atoms in total. The number of phenolic OH excluding ortho intramolecular Hbond substituents is 3. The van der Waals surface area contributed by atoms with E-state index in [1.807, 2.05) is 36.4 Å². The number of aromatic hydroxyl groups is 3. The minimum Gasteiger partial charge on any atom is -0.507 e. The summed E-state index contributed by atoms with van der Waals surface area (Å²) in [5.41, 5.74) is 7.77. The van der Waals surface area contributed by atoms with Crippen molar-refractivity contribution < 1.29 is 15.3 Å². The van der Waals surface area contributed by atoms with Gasteiger partial charge in [-0.2, -0.15) is 0 Å². The Morgan fingerprint density at radius 1 is 0.781 bits per heavy atom. The van der Waals surface area contributed by atoms with Gasteiger partial charge in [0.05, 0.1) is 0 Å². The van der Waals surface area contributed by atoms with Crippen LogP contribution in [0.2, 0.25) is 0 Å². The molecular formula is C28H25NO3. The second-order valence-corrected chi connectivity index (χ2v) is 9.06. The topological polar surface area (TPSA) is 63.9 Å². The number of hydrogen-bond donors (Lipinski definition) is 3. The summed E-state index contributed by atoms with van der Waals surface area (Å²) < 4.78 is 0. The fraction of sp³-hybridized carbons (Fsp3) is 0.214. The van der Waals surface area contributed by atoms with E-state index in [0.29, 0.717) is 6.42 Å². The van der Waals surface area contributed by atoms with Crippen LogP contribution in [0.3, 0.4) is 0 Å². The van der Waals surface area contributed by atoms with Crippen molar-refractivity contribution in [1.82, 2.24) is 4.90 Å². The molecule has 3 N–H and O–H groups in total. The van der Waals surface area contributed by atoms with Crippen molar-refractivity contribution in [3.63, 3.8) is 0 Å². The van der Waals surface area contributed by atoms with Crippen LogP contribution in [0, 0.1) is 0 Å². The highest BCUT2D eigenvalue weighted by atomic mass is 16.3. The van der Waals surface area contributed by atoms with Crippen LogP contribution in [0.5, 0.6) is 17.2 Å². The van der Waals surface area contributed by atoms with Gasteiger partial charge >= 0.3 is 0 Å². The first-order valence-electron chi connectivity index (χ1n) is 11.1. The van der Waals surface area contributed by atoms with Crippen LogP contribution < -0.4 is 0 Å². The van der Waals surface area contributed by atoms with Crippen molar-refractivity contribution in [1.29, 1.82) is 0 Å². The lowest BCUT2D eigenvalue weighted by atomic mass is 9.74. The molecule has 1 aliphatic heterocycles. The number of hydrogen-bond acceptors (Lipinski definition) is 4. The third kappa shape index (κ3) is 2.73. The molecule has 0 saturated heterocycles. The molecule has 0 amide bonds. The van der Waals surface area contributed by atoms with E-state index in [1.54, 1.807) is 12.1 Å². The first kappa shape index (κ1) is 19.2. The molecule has 0 fully saturated rings. The fourth-order valence-electron chi connectivity index (χ4n) is 5.66. The highest BCUT2D eigenvalue weighted by Gasteiger charge is 2.35. The van der Waals surface area contributed by atoms with E-state index in [-0.39, 0.29) is 23.3 Å². The van der Waals surface area contributed by atoms with Crippen LogP contribution in [-0.4, -0.2) is 33.8 Å². The molecule has 4 aromatic carbocycles. The third-order valence-electron chi connectivity index (χ3n) is 7.30. The van der Waals surface area contributed by atoms with Gasteiger partial charge in [-0.15, -0.1) is 0 Å². The largest absolute Gasteiger partial charge is 0.507 e. The molecule has 0 spiro atoms. The summed E-state index contributed by atoms with van der Waals surface area (Å²) in [6, 6.07) is 19.9. The van der Waals surface area contributed by atoms with E-state index >= 15 is 0 Å². The number of benzene rings is 4. The molecular weight excluding hydrogens is 398 g/mol. The predicted octanol–water partition coefficient (Wildman–Crippen LogP) is 5.30. The molecule has 4 aromatic rings. The minimum atomic E-state index is -0.0787. The Hall–Kier alpha value is -3.50. The maximum atomic E-state index is 10.9. The van der Waals surface area contributed by atoms with Crippen LogP contribution in [0.1, 0.15) is 33.9 Å². The lowest BCUT2D eigenvalue weighted by Gasteiger charge is -2.40. The normalized spacial score (nSPS) is 17.2. The number of fused-ring (bicyclic) bond motifs is 3. The van der Waals surface area contributed by atoms with E-state index in [1.165, 1.54) is 11.1 Å². The molecule has 2 aliphatic rings. The SMILES string of the molecule is CN1CCc2ccc(Cc3ccc(O)c4ccccc34)c3c2[C@H]1Cc1ccc(O)c(O)c1-3. The fourth-order valence-corrected chi connectivity index (χ4v) is 5.66. The average Bonchev–Trinajstić information content (AvgIpc) is 2.81. The molecule has 1 heterocycles. The molecule has 1 aliphatic carbocycles. The Morgan fingerprint density at radius 2 is 1.50 bits per heavy atom. The van der Waals surface area contributed by atoms with Crippen LogP contribution in [-0.2, 0) is 19.3 Å². The van der Waals surface area contributed by atoms with Gasteiger partial charge in [-0.3, -0.25) is 4.90 Å². The first-order chi connectivity index (χ1) is 15.5. The minimum absolute atomic E-state index is 0.0283. The monoisotopic (exact) mass is 423 g/mol. The highest BCUT2D eigenvalue weighted by Crippen LogP contribution is 2.51. The zero-order chi connectivity index (χ0) is 22.0. The lowest BCUT2D eigenvalue weighted by molar-refractivity contribution is 0.228. The number of likely N-dealkylation sites (N-methyl/N-ethyl adjacent to an activating group) is 1.